The molecule has 2 aliphatic heterocycles. The van der Waals surface area contributed by atoms with Crippen molar-refractivity contribution in [2.75, 3.05) is 36.5 Å². The number of nitrogens with one attached hydrogen (secondary N) is 2. The minimum Gasteiger partial charge on any atom is -0.357 e. The maximum absolute atomic E-state index is 12.5. The third kappa shape index (κ3) is 4.25. The molecule has 0 spiro atoms. The number of aromatic amines is 1. The molecule has 33 heavy (non-hydrogen) atoms. The van der Waals surface area contributed by atoms with Crippen LogP contribution in [0.2, 0.25) is 0 Å². The van der Waals surface area contributed by atoms with Crippen LogP contribution in [0.3, 0.4) is 0 Å². The fourth-order valence-corrected chi connectivity index (χ4v) is 5.33. The van der Waals surface area contributed by atoms with Crippen LogP contribution < -0.4 is 10.2 Å². The fourth-order valence-electron chi connectivity index (χ4n) is 4.68. The third-order valence-corrected chi connectivity index (χ3v) is 7.33. The van der Waals surface area contributed by atoms with Crippen LogP contribution in [-0.4, -0.2) is 60.9 Å². The Balaban J connectivity index is 1.65. The molecule has 0 aliphatic carbocycles. The molecule has 4 bridgehead atoms. The summed E-state index contributed by atoms with van der Waals surface area (Å²) in [7, 11) is -3.03. The molecule has 172 valence electrons. The van der Waals surface area contributed by atoms with Gasteiger partial charge in [-0.05, 0) is 31.9 Å². The van der Waals surface area contributed by atoms with Gasteiger partial charge in [0, 0.05) is 48.8 Å². The molecule has 1 amide bonds. The Morgan fingerprint density at radius 1 is 1.18 bits per heavy atom. The van der Waals surface area contributed by atoms with Crippen LogP contribution in [0.15, 0.2) is 36.4 Å². The molecule has 2 aromatic heterocycles. The average molecular weight is 466 g/mol. The molecule has 8 nitrogen and oxygen atoms in total. The summed E-state index contributed by atoms with van der Waals surface area (Å²) in [5, 5.41) is 3.00. The Labute approximate surface area is 193 Å². The van der Waals surface area contributed by atoms with Gasteiger partial charge in [0.15, 0.2) is 5.82 Å². The molecule has 1 aromatic carbocycles. The van der Waals surface area contributed by atoms with Crippen LogP contribution >= 0.6 is 0 Å². The molecule has 0 fully saturated rings. The lowest BCUT2D eigenvalue weighted by Gasteiger charge is -2.24. The number of para-hydroxylation sites is 1. The lowest BCUT2D eigenvalue weighted by molar-refractivity contribution is 0.0940. The molecule has 2 N–H and O–H groups in total. The van der Waals surface area contributed by atoms with Crippen molar-refractivity contribution in [2.45, 2.75) is 25.7 Å². The average Bonchev–Trinajstić information content (AvgIpc) is 3.21. The Morgan fingerprint density at radius 2 is 2.03 bits per heavy atom. The van der Waals surface area contributed by atoms with Crippen molar-refractivity contribution >= 4 is 32.6 Å². The third-order valence-electron chi connectivity index (χ3n) is 6.30. The quantitative estimate of drug-likeness (QED) is 0.574. The summed E-state index contributed by atoms with van der Waals surface area (Å²) in [5.74, 6) is 0.992. The number of hydrogen-bond acceptors (Lipinski definition) is 6. The summed E-state index contributed by atoms with van der Waals surface area (Å²) in [6.07, 6.45) is 6.79. The van der Waals surface area contributed by atoms with Crippen molar-refractivity contribution in [1.29, 1.82) is 0 Å². The maximum Gasteiger partial charge on any atom is 0.253 e. The normalized spacial score (nSPS) is 18.1. The van der Waals surface area contributed by atoms with Crippen LogP contribution in [0.25, 0.3) is 22.3 Å². The number of hydrogen-bond donors (Lipinski definition) is 2. The highest BCUT2D eigenvalue weighted by Crippen LogP contribution is 2.34. The van der Waals surface area contributed by atoms with Gasteiger partial charge in [-0.3, -0.25) is 4.79 Å². The minimum atomic E-state index is -3.03. The van der Waals surface area contributed by atoms with Crippen molar-refractivity contribution in [1.82, 2.24) is 20.3 Å². The maximum atomic E-state index is 12.5. The molecule has 1 atom stereocenters. The molecule has 9 heteroatoms. The number of H-pyrrole nitrogens is 1. The summed E-state index contributed by atoms with van der Waals surface area (Å²) < 4.78 is 23.3. The number of rotatable bonds is 4. The van der Waals surface area contributed by atoms with Crippen LogP contribution in [-0.2, 0) is 9.84 Å². The lowest BCUT2D eigenvalue weighted by Crippen LogP contribution is -2.34. The van der Waals surface area contributed by atoms with E-state index < -0.39 is 9.84 Å². The molecule has 2 aliphatic rings. The van der Waals surface area contributed by atoms with E-state index in [-0.39, 0.29) is 17.6 Å². The number of sulfone groups is 1. The van der Waals surface area contributed by atoms with E-state index in [1.165, 1.54) is 6.26 Å². The predicted molar refractivity (Wildman–Crippen MR) is 129 cm³/mol. The second kappa shape index (κ2) is 8.30. The van der Waals surface area contributed by atoms with E-state index in [1.807, 2.05) is 31.2 Å². The molecule has 3 aromatic rings. The van der Waals surface area contributed by atoms with Crippen LogP contribution in [0.4, 0.5) is 5.82 Å². The van der Waals surface area contributed by atoms with Crippen LogP contribution in [0.1, 0.15) is 40.5 Å². The highest BCUT2D eigenvalue weighted by molar-refractivity contribution is 7.90. The van der Waals surface area contributed by atoms with Crippen molar-refractivity contribution in [3.8, 4) is 11.3 Å². The highest BCUT2D eigenvalue weighted by atomic mass is 32.2. The number of aryl methyl sites for hydroxylation is 1. The number of carbonyl (C=O) groups excluding carboxylic acids is 1. The van der Waals surface area contributed by atoms with Crippen molar-refractivity contribution < 1.29 is 13.2 Å². The topological polar surface area (TPSA) is 108 Å². The first-order chi connectivity index (χ1) is 15.8. The zero-order valence-corrected chi connectivity index (χ0v) is 19.6. The number of aromatic nitrogens is 3. The molecular formula is C24H27N5O3S. The largest absolute Gasteiger partial charge is 0.357 e. The molecular weight excluding hydrogens is 438 g/mol. The predicted octanol–water partition coefficient (Wildman–Crippen LogP) is 2.96. The molecule has 0 saturated heterocycles. The first-order valence-electron chi connectivity index (χ1n) is 11.2. The number of fused-ring (bicyclic) bond motifs is 3. The standard InChI is InChI=1S/C24H27N5O3S/c1-15-23-28-22-17(8-5-9-19(22)26-15)20-13-18-21(27-20)16(14-25-24(18)30)7-3-4-10-29(23)11-6-12-33(2,31)32/h3-5,8-9,13,16,27H,6-7,10-12,14H2,1-2H3,(H,25,30). The summed E-state index contributed by atoms with van der Waals surface area (Å²) in [5.41, 5.74) is 5.72. The molecule has 4 heterocycles. The number of carbonyl (C=O) groups is 1. The summed E-state index contributed by atoms with van der Waals surface area (Å²) in [6.45, 7) is 3.69. The van der Waals surface area contributed by atoms with Gasteiger partial charge in [0.2, 0.25) is 0 Å². The summed E-state index contributed by atoms with van der Waals surface area (Å²) in [6, 6.07) is 7.79. The van der Waals surface area contributed by atoms with E-state index >= 15 is 0 Å². The van der Waals surface area contributed by atoms with Gasteiger partial charge in [-0.1, -0.05) is 24.3 Å². The van der Waals surface area contributed by atoms with Crippen molar-refractivity contribution in [3.63, 3.8) is 0 Å². The first kappa shape index (κ1) is 21.6. The van der Waals surface area contributed by atoms with E-state index in [0.717, 1.165) is 45.9 Å². The number of anilines is 1. The second-order valence-corrected chi connectivity index (χ2v) is 11.1. The Hall–Kier alpha value is -3.20. The van der Waals surface area contributed by atoms with Gasteiger partial charge >= 0.3 is 0 Å². The van der Waals surface area contributed by atoms with Gasteiger partial charge in [0.25, 0.3) is 5.91 Å². The van der Waals surface area contributed by atoms with Crippen LogP contribution in [0, 0.1) is 6.92 Å². The van der Waals surface area contributed by atoms with E-state index in [2.05, 4.69) is 27.4 Å². The zero-order chi connectivity index (χ0) is 23.2. The summed E-state index contributed by atoms with van der Waals surface area (Å²) in [4.78, 5) is 28.0. The van der Waals surface area contributed by atoms with E-state index in [1.54, 1.807) is 0 Å². The van der Waals surface area contributed by atoms with E-state index in [4.69, 9.17) is 9.97 Å². The zero-order valence-electron chi connectivity index (χ0n) is 18.8. The van der Waals surface area contributed by atoms with Gasteiger partial charge in [-0.15, -0.1) is 0 Å². The highest BCUT2D eigenvalue weighted by Gasteiger charge is 2.28. The minimum absolute atomic E-state index is 0.0558. The number of allylic oxidation sites excluding steroid dienone is 1. The smallest absolute Gasteiger partial charge is 0.253 e. The lowest BCUT2D eigenvalue weighted by atomic mass is 9.94. The van der Waals surface area contributed by atoms with E-state index in [9.17, 15) is 13.2 Å². The summed E-state index contributed by atoms with van der Waals surface area (Å²) >= 11 is 0. The SMILES string of the molecule is Cc1nc2cccc3c2nc1N(CCCS(C)(=O)=O)CC=CCC1CNC(=O)c2cc-3[nH]c21. The van der Waals surface area contributed by atoms with Gasteiger partial charge in [0.05, 0.1) is 22.5 Å². The Kier molecular flexibility index (Phi) is 5.44. The molecule has 5 rings (SSSR count). The van der Waals surface area contributed by atoms with E-state index in [0.29, 0.717) is 31.6 Å². The van der Waals surface area contributed by atoms with Gasteiger partial charge in [0.1, 0.15) is 15.4 Å². The van der Waals surface area contributed by atoms with Gasteiger partial charge < -0.3 is 15.2 Å². The van der Waals surface area contributed by atoms with Crippen LogP contribution in [0.5, 0.6) is 0 Å². The van der Waals surface area contributed by atoms with Gasteiger partial charge in [-0.2, -0.15) is 0 Å². The number of benzene rings is 1. The Morgan fingerprint density at radius 3 is 2.85 bits per heavy atom. The number of amides is 1. The first-order valence-corrected chi connectivity index (χ1v) is 13.2. The second-order valence-electron chi connectivity index (χ2n) is 8.86. The van der Waals surface area contributed by atoms with Gasteiger partial charge in [-0.25, -0.2) is 18.4 Å². The number of nitrogens with zero attached hydrogens (tertiary/aromatic N) is 3. The molecule has 1 unspecified atom stereocenters. The monoisotopic (exact) mass is 465 g/mol. The van der Waals surface area contributed by atoms with Crippen molar-refractivity contribution in [2.24, 2.45) is 0 Å². The van der Waals surface area contributed by atoms with Crippen molar-refractivity contribution in [3.05, 3.63) is 53.4 Å². The molecule has 0 saturated carbocycles. The Bertz CT molecular complexity index is 1380. The molecule has 0 radical (unpaired) electrons. The fraction of sp³-hybridized carbons (Fsp3) is 0.375.